The lowest BCUT2D eigenvalue weighted by Gasteiger charge is -2.16. The molecule has 3 aromatic rings. The molecule has 0 saturated heterocycles. The van der Waals surface area contributed by atoms with Crippen molar-refractivity contribution < 1.29 is 18.7 Å². The number of carbonyl (C=O) groups excluding carboxylic acids is 1. The number of Topliss-reactive ketones (excluding diaryl/α,β-unsaturated/α-hetero) is 1. The molecule has 2 aromatic heterocycles. The molecule has 1 aromatic carbocycles. The highest BCUT2D eigenvalue weighted by Gasteiger charge is 2.21. The maximum Gasteiger partial charge on any atom is 0.277 e. The van der Waals surface area contributed by atoms with Gasteiger partial charge in [-0.3, -0.25) is 4.79 Å². The summed E-state index contributed by atoms with van der Waals surface area (Å²) in [4.78, 5) is 15.1. The minimum absolute atomic E-state index is 0.0176. The third kappa shape index (κ3) is 4.11. The van der Waals surface area contributed by atoms with Crippen LogP contribution in [-0.4, -0.2) is 34.9 Å². The Balaban J connectivity index is 1.24. The fourth-order valence-electron chi connectivity index (χ4n) is 3.73. The molecule has 156 valence electrons. The minimum Gasteiger partial charge on any atom is -0.490 e. The largest absolute Gasteiger partial charge is 0.490 e. The van der Waals surface area contributed by atoms with Crippen LogP contribution in [0.2, 0.25) is 0 Å². The number of benzene rings is 1. The van der Waals surface area contributed by atoms with Gasteiger partial charge in [0, 0.05) is 16.9 Å². The molecule has 1 atom stereocenters. The van der Waals surface area contributed by atoms with Gasteiger partial charge in [0.15, 0.2) is 17.3 Å². The van der Waals surface area contributed by atoms with E-state index in [1.807, 2.05) is 0 Å². The van der Waals surface area contributed by atoms with Gasteiger partial charge in [-0.1, -0.05) is 18.7 Å². The van der Waals surface area contributed by atoms with Crippen LogP contribution in [0.15, 0.2) is 33.9 Å². The number of thiophene rings is 1. The van der Waals surface area contributed by atoms with Crippen LogP contribution in [0.5, 0.6) is 11.5 Å². The molecule has 0 spiro atoms. The van der Waals surface area contributed by atoms with Crippen LogP contribution in [0.4, 0.5) is 0 Å². The van der Waals surface area contributed by atoms with Gasteiger partial charge in [-0.05, 0) is 55.0 Å². The number of hydrogen-bond acceptors (Lipinski definition) is 8. The normalized spacial score (nSPS) is 18.0. The first-order valence-corrected chi connectivity index (χ1v) is 12.0. The van der Waals surface area contributed by atoms with Crippen molar-refractivity contribution in [3.63, 3.8) is 0 Å². The van der Waals surface area contributed by atoms with E-state index in [9.17, 15) is 4.79 Å². The molecule has 8 heteroatoms. The first kappa shape index (κ1) is 19.6. The second-order valence-corrected chi connectivity index (χ2v) is 9.77. The Hall–Kier alpha value is -2.32. The number of ketones is 1. The summed E-state index contributed by atoms with van der Waals surface area (Å²) in [6, 6.07) is 7.50. The van der Waals surface area contributed by atoms with Gasteiger partial charge in [0.25, 0.3) is 11.1 Å². The smallest absolute Gasteiger partial charge is 0.277 e. The molecule has 6 nitrogen and oxygen atoms in total. The van der Waals surface area contributed by atoms with E-state index >= 15 is 0 Å². The molecule has 2 aliphatic rings. The van der Waals surface area contributed by atoms with Gasteiger partial charge in [0.05, 0.1) is 23.8 Å². The average molecular weight is 443 g/mol. The third-order valence-corrected chi connectivity index (χ3v) is 7.39. The Morgan fingerprint density at radius 3 is 2.97 bits per heavy atom. The van der Waals surface area contributed by atoms with Crippen LogP contribution in [0.3, 0.4) is 0 Å². The zero-order valence-electron chi connectivity index (χ0n) is 16.7. The Morgan fingerprint density at radius 1 is 1.20 bits per heavy atom. The van der Waals surface area contributed by atoms with Gasteiger partial charge >= 0.3 is 0 Å². The summed E-state index contributed by atoms with van der Waals surface area (Å²) in [5.41, 5.74) is 2.00. The molecule has 0 bridgehead atoms. The Labute approximate surface area is 183 Å². The van der Waals surface area contributed by atoms with E-state index in [4.69, 9.17) is 13.9 Å². The summed E-state index contributed by atoms with van der Waals surface area (Å²) >= 11 is 3.00. The molecule has 0 N–H and O–H groups in total. The summed E-state index contributed by atoms with van der Waals surface area (Å²) in [7, 11) is 0. The third-order valence-electron chi connectivity index (χ3n) is 5.34. The number of ether oxygens (including phenoxy) is 2. The van der Waals surface area contributed by atoms with Crippen LogP contribution in [0.25, 0.3) is 10.8 Å². The number of fused-ring (bicyclic) bond motifs is 2. The Morgan fingerprint density at radius 2 is 2.07 bits per heavy atom. The highest BCUT2D eigenvalue weighted by Crippen LogP contribution is 2.37. The number of carbonyl (C=O) groups is 1. The minimum atomic E-state index is -0.0176. The van der Waals surface area contributed by atoms with Crippen LogP contribution in [-0.2, 0) is 12.8 Å². The number of rotatable bonds is 5. The zero-order valence-corrected chi connectivity index (χ0v) is 18.3. The number of nitrogens with zero attached hydrogens (tertiary/aromatic N) is 2. The second-order valence-electron chi connectivity index (χ2n) is 7.70. The van der Waals surface area contributed by atoms with Crippen LogP contribution >= 0.6 is 23.1 Å². The molecule has 3 heterocycles. The quantitative estimate of drug-likeness (QED) is 0.404. The highest BCUT2D eigenvalue weighted by atomic mass is 32.2. The summed E-state index contributed by atoms with van der Waals surface area (Å²) in [6.45, 7) is 3.51. The topological polar surface area (TPSA) is 74.5 Å². The summed E-state index contributed by atoms with van der Waals surface area (Å²) in [6.07, 6.45) is 4.31. The first-order chi connectivity index (χ1) is 14.7. The second kappa shape index (κ2) is 8.43. The van der Waals surface area contributed by atoms with Crippen molar-refractivity contribution in [2.24, 2.45) is 5.92 Å². The van der Waals surface area contributed by atoms with Crippen molar-refractivity contribution >= 4 is 28.9 Å². The molecular weight excluding hydrogens is 420 g/mol. The molecule has 30 heavy (non-hydrogen) atoms. The predicted molar refractivity (Wildman–Crippen MR) is 116 cm³/mol. The van der Waals surface area contributed by atoms with Crippen LogP contribution in [0.1, 0.15) is 40.6 Å². The number of hydrogen-bond donors (Lipinski definition) is 0. The van der Waals surface area contributed by atoms with E-state index in [-0.39, 0.29) is 11.5 Å². The van der Waals surface area contributed by atoms with Gasteiger partial charge in [0.1, 0.15) is 0 Å². The Bertz CT molecular complexity index is 1080. The average Bonchev–Trinajstić information content (AvgIpc) is 3.32. The maximum atomic E-state index is 12.6. The van der Waals surface area contributed by atoms with E-state index in [0.29, 0.717) is 41.4 Å². The molecule has 0 unspecified atom stereocenters. The molecule has 0 amide bonds. The van der Waals surface area contributed by atoms with Crippen molar-refractivity contribution in [2.45, 2.75) is 37.8 Å². The number of aryl methyl sites for hydroxylation is 1. The predicted octanol–water partition coefficient (Wildman–Crippen LogP) is 5.06. The van der Waals surface area contributed by atoms with Gasteiger partial charge in [-0.25, -0.2) is 0 Å². The van der Waals surface area contributed by atoms with E-state index in [2.05, 4.69) is 23.2 Å². The fourth-order valence-corrected chi connectivity index (χ4v) is 5.51. The van der Waals surface area contributed by atoms with Crippen molar-refractivity contribution in [3.8, 4) is 22.3 Å². The molecule has 1 aliphatic heterocycles. The van der Waals surface area contributed by atoms with E-state index in [1.165, 1.54) is 28.6 Å². The van der Waals surface area contributed by atoms with Crippen LogP contribution < -0.4 is 9.47 Å². The van der Waals surface area contributed by atoms with Crippen molar-refractivity contribution in [2.75, 3.05) is 19.0 Å². The van der Waals surface area contributed by atoms with Crippen molar-refractivity contribution in [1.82, 2.24) is 10.2 Å². The van der Waals surface area contributed by atoms with Crippen molar-refractivity contribution in [3.05, 3.63) is 40.3 Å². The fraction of sp³-hybridized carbons (Fsp3) is 0.409. The molecule has 0 fully saturated rings. The molecular formula is C22H22N2O4S2. The van der Waals surface area contributed by atoms with Gasteiger partial charge in [-0.2, -0.15) is 0 Å². The lowest BCUT2D eigenvalue weighted by molar-refractivity contribution is 0.102. The van der Waals surface area contributed by atoms with E-state index in [0.717, 1.165) is 30.1 Å². The molecule has 1 aliphatic carbocycles. The van der Waals surface area contributed by atoms with Crippen LogP contribution in [0, 0.1) is 5.92 Å². The standard InChI is InChI=1S/C22H22N2O4S2/c1-13-3-6-19-15(9-13)11-20(30-19)21-23-24-22(28-21)29-12-16(25)14-4-5-17-18(10-14)27-8-2-7-26-17/h4-5,10-11,13H,2-3,6-9,12H2,1H3/t13-/m0/s1. The summed E-state index contributed by atoms with van der Waals surface area (Å²) in [5.74, 6) is 2.78. The first-order valence-electron chi connectivity index (χ1n) is 10.2. The summed E-state index contributed by atoms with van der Waals surface area (Å²) < 4.78 is 17.1. The lowest BCUT2D eigenvalue weighted by Crippen LogP contribution is -2.07. The highest BCUT2D eigenvalue weighted by molar-refractivity contribution is 7.99. The molecule has 0 radical (unpaired) electrons. The lowest BCUT2D eigenvalue weighted by atomic mass is 9.90. The summed E-state index contributed by atoms with van der Waals surface area (Å²) in [5, 5.41) is 8.72. The van der Waals surface area contributed by atoms with E-state index in [1.54, 1.807) is 29.5 Å². The molecule has 5 rings (SSSR count). The zero-order chi connectivity index (χ0) is 20.5. The SMILES string of the molecule is C[C@H]1CCc2sc(-c3nnc(SCC(=O)c4ccc5c(c4)OCCCO5)o3)cc2C1. The number of thioether (sulfide) groups is 1. The van der Waals surface area contributed by atoms with E-state index < -0.39 is 0 Å². The molecule has 0 saturated carbocycles. The van der Waals surface area contributed by atoms with Gasteiger partial charge < -0.3 is 13.9 Å². The van der Waals surface area contributed by atoms with Gasteiger partial charge in [0.2, 0.25) is 0 Å². The number of aromatic nitrogens is 2. The monoisotopic (exact) mass is 442 g/mol. The van der Waals surface area contributed by atoms with Gasteiger partial charge in [-0.15, -0.1) is 21.5 Å². The maximum absolute atomic E-state index is 12.6. The Kier molecular flexibility index (Phi) is 5.52. The van der Waals surface area contributed by atoms with Crippen molar-refractivity contribution in [1.29, 1.82) is 0 Å².